The predicted molar refractivity (Wildman–Crippen MR) is 97.8 cm³/mol. The summed E-state index contributed by atoms with van der Waals surface area (Å²) >= 11 is 0. The van der Waals surface area contributed by atoms with E-state index in [1.54, 1.807) is 15.6 Å². The van der Waals surface area contributed by atoms with Gasteiger partial charge in [-0.1, -0.05) is 30.3 Å². The first-order chi connectivity index (χ1) is 13.1. The van der Waals surface area contributed by atoms with Crippen molar-refractivity contribution in [2.45, 2.75) is 25.8 Å². The number of tetrazole rings is 1. The van der Waals surface area contributed by atoms with Crippen molar-refractivity contribution in [1.82, 2.24) is 25.1 Å². The summed E-state index contributed by atoms with van der Waals surface area (Å²) in [6.07, 6.45) is 0.781. The van der Waals surface area contributed by atoms with Gasteiger partial charge in [0.2, 0.25) is 0 Å². The Morgan fingerprint density at radius 2 is 1.96 bits per heavy atom. The van der Waals surface area contributed by atoms with E-state index in [2.05, 4.69) is 15.5 Å². The van der Waals surface area contributed by atoms with Gasteiger partial charge in [0.1, 0.15) is 11.6 Å². The van der Waals surface area contributed by atoms with Gasteiger partial charge >= 0.3 is 0 Å². The van der Waals surface area contributed by atoms with Crippen LogP contribution in [-0.4, -0.2) is 44.1 Å². The molecule has 0 N–H and O–H groups in total. The Morgan fingerprint density at radius 1 is 1.19 bits per heavy atom. The summed E-state index contributed by atoms with van der Waals surface area (Å²) in [5, 5.41) is 11.4. The van der Waals surface area contributed by atoms with Gasteiger partial charge in [-0.25, -0.2) is 9.07 Å². The molecule has 0 saturated carbocycles. The quantitative estimate of drug-likeness (QED) is 0.713. The minimum absolute atomic E-state index is 0.0148. The number of likely N-dealkylation sites (tertiary alicyclic amines) is 1. The summed E-state index contributed by atoms with van der Waals surface area (Å²) < 4.78 is 15.7. The molecule has 1 aromatic heterocycles. The van der Waals surface area contributed by atoms with E-state index in [-0.39, 0.29) is 17.6 Å². The predicted octanol–water partition coefficient (Wildman–Crippen LogP) is 2.80. The van der Waals surface area contributed by atoms with Crippen molar-refractivity contribution in [2.75, 3.05) is 13.1 Å². The molecule has 0 unspecified atom stereocenters. The van der Waals surface area contributed by atoms with Crippen LogP contribution in [0, 0.1) is 12.7 Å². The molecule has 2 aromatic carbocycles. The third kappa shape index (κ3) is 3.58. The topological polar surface area (TPSA) is 63.9 Å². The number of rotatable bonds is 4. The molecular formula is C20H20FN5O. The smallest absolute Gasteiger partial charge is 0.253 e. The maximum Gasteiger partial charge on any atom is 0.253 e. The Hall–Kier alpha value is -3.09. The molecule has 1 aliphatic rings. The average molecular weight is 365 g/mol. The van der Waals surface area contributed by atoms with Crippen LogP contribution in [0.25, 0.3) is 0 Å². The number of halogens is 1. The van der Waals surface area contributed by atoms with Gasteiger partial charge in [0.15, 0.2) is 0 Å². The van der Waals surface area contributed by atoms with E-state index in [1.165, 1.54) is 6.07 Å². The lowest BCUT2D eigenvalue weighted by Gasteiger charge is -2.17. The second-order valence-electron chi connectivity index (χ2n) is 6.84. The van der Waals surface area contributed by atoms with Crippen molar-refractivity contribution in [2.24, 2.45) is 0 Å². The zero-order valence-corrected chi connectivity index (χ0v) is 15.0. The van der Waals surface area contributed by atoms with E-state index in [0.717, 1.165) is 17.8 Å². The summed E-state index contributed by atoms with van der Waals surface area (Å²) in [6.45, 7) is 3.60. The van der Waals surface area contributed by atoms with E-state index in [0.29, 0.717) is 30.8 Å². The molecular weight excluding hydrogens is 345 g/mol. The number of amides is 1. The van der Waals surface area contributed by atoms with Gasteiger partial charge < -0.3 is 4.90 Å². The lowest BCUT2D eigenvalue weighted by molar-refractivity contribution is 0.0790. The fraction of sp³-hybridized carbons (Fsp3) is 0.300. The fourth-order valence-electron chi connectivity index (χ4n) is 3.51. The third-order valence-corrected chi connectivity index (χ3v) is 5.06. The SMILES string of the molecule is Cc1nnnn1Cc1ccc(C(=O)N2CC[C@@H](c3ccccc3F)C2)cc1. The summed E-state index contributed by atoms with van der Waals surface area (Å²) in [4.78, 5) is 14.6. The Kier molecular flexibility index (Phi) is 4.66. The second kappa shape index (κ2) is 7.26. The number of aromatic nitrogens is 4. The number of hydrogen-bond acceptors (Lipinski definition) is 4. The van der Waals surface area contributed by atoms with Gasteiger partial charge in [-0.05, 0) is 53.1 Å². The number of carbonyl (C=O) groups is 1. The monoisotopic (exact) mass is 365 g/mol. The standard InChI is InChI=1S/C20H20FN5O/c1-14-22-23-24-26(14)12-15-6-8-16(9-7-15)20(27)25-11-10-17(13-25)18-4-2-3-5-19(18)21/h2-9,17H,10-13H2,1H3/t17-/m1/s1. The Balaban J connectivity index is 1.43. The van der Waals surface area contributed by atoms with Crippen LogP contribution in [0.5, 0.6) is 0 Å². The molecule has 0 spiro atoms. The molecule has 3 aromatic rings. The van der Waals surface area contributed by atoms with Crippen molar-refractivity contribution >= 4 is 5.91 Å². The van der Waals surface area contributed by atoms with E-state index in [4.69, 9.17) is 0 Å². The molecule has 27 heavy (non-hydrogen) atoms. The van der Waals surface area contributed by atoms with Gasteiger partial charge in [-0.3, -0.25) is 4.79 Å². The van der Waals surface area contributed by atoms with Crippen molar-refractivity contribution < 1.29 is 9.18 Å². The zero-order valence-electron chi connectivity index (χ0n) is 15.0. The normalized spacial score (nSPS) is 16.7. The van der Waals surface area contributed by atoms with E-state index in [9.17, 15) is 9.18 Å². The molecule has 1 saturated heterocycles. The third-order valence-electron chi connectivity index (χ3n) is 5.06. The first kappa shape index (κ1) is 17.3. The maximum atomic E-state index is 14.0. The fourth-order valence-corrected chi connectivity index (χ4v) is 3.51. The Labute approximate surface area is 156 Å². The minimum Gasteiger partial charge on any atom is -0.338 e. The van der Waals surface area contributed by atoms with Gasteiger partial charge in [0, 0.05) is 24.6 Å². The van der Waals surface area contributed by atoms with E-state index < -0.39 is 0 Å². The van der Waals surface area contributed by atoms with Gasteiger partial charge in [0.05, 0.1) is 6.54 Å². The number of carbonyl (C=O) groups excluding carboxylic acids is 1. The number of nitrogens with zero attached hydrogens (tertiary/aromatic N) is 5. The van der Waals surface area contributed by atoms with Gasteiger partial charge in [-0.2, -0.15) is 0 Å². The van der Waals surface area contributed by atoms with Crippen LogP contribution in [0.4, 0.5) is 4.39 Å². The Bertz CT molecular complexity index is 953. The number of hydrogen-bond donors (Lipinski definition) is 0. The molecule has 138 valence electrons. The highest BCUT2D eigenvalue weighted by Crippen LogP contribution is 2.29. The highest BCUT2D eigenvalue weighted by atomic mass is 19.1. The largest absolute Gasteiger partial charge is 0.338 e. The van der Waals surface area contributed by atoms with Crippen molar-refractivity contribution in [3.05, 3.63) is 76.9 Å². The molecule has 1 atom stereocenters. The molecule has 0 aliphatic carbocycles. The van der Waals surface area contributed by atoms with Crippen LogP contribution in [0.1, 0.15) is 39.6 Å². The maximum absolute atomic E-state index is 14.0. The van der Waals surface area contributed by atoms with Crippen molar-refractivity contribution in [3.8, 4) is 0 Å². The lowest BCUT2D eigenvalue weighted by atomic mass is 9.98. The zero-order chi connectivity index (χ0) is 18.8. The number of benzene rings is 2. The molecule has 4 rings (SSSR count). The second-order valence-corrected chi connectivity index (χ2v) is 6.84. The summed E-state index contributed by atoms with van der Waals surface area (Å²) in [7, 11) is 0. The highest BCUT2D eigenvalue weighted by molar-refractivity contribution is 5.94. The van der Waals surface area contributed by atoms with Crippen LogP contribution < -0.4 is 0 Å². The van der Waals surface area contributed by atoms with E-state index >= 15 is 0 Å². The Morgan fingerprint density at radius 3 is 2.67 bits per heavy atom. The highest BCUT2D eigenvalue weighted by Gasteiger charge is 2.29. The van der Waals surface area contributed by atoms with Crippen LogP contribution in [0.2, 0.25) is 0 Å². The molecule has 1 amide bonds. The summed E-state index contributed by atoms with van der Waals surface area (Å²) in [5.41, 5.74) is 2.36. The minimum atomic E-state index is -0.195. The molecule has 0 bridgehead atoms. The summed E-state index contributed by atoms with van der Waals surface area (Å²) in [6, 6.07) is 14.3. The van der Waals surface area contributed by atoms with Crippen LogP contribution >= 0.6 is 0 Å². The molecule has 0 radical (unpaired) electrons. The van der Waals surface area contributed by atoms with Crippen LogP contribution in [0.3, 0.4) is 0 Å². The van der Waals surface area contributed by atoms with Crippen molar-refractivity contribution in [1.29, 1.82) is 0 Å². The van der Waals surface area contributed by atoms with Crippen LogP contribution in [-0.2, 0) is 6.54 Å². The molecule has 6 nitrogen and oxygen atoms in total. The van der Waals surface area contributed by atoms with Gasteiger partial charge in [0.25, 0.3) is 5.91 Å². The first-order valence-corrected chi connectivity index (χ1v) is 8.97. The van der Waals surface area contributed by atoms with E-state index in [1.807, 2.05) is 43.3 Å². The molecule has 7 heteroatoms. The molecule has 1 aliphatic heterocycles. The average Bonchev–Trinajstić information content (AvgIpc) is 3.32. The van der Waals surface area contributed by atoms with Crippen molar-refractivity contribution in [3.63, 3.8) is 0 Å². The number of aryl methyl sites for hydroxylation is 1. The first-order valence-electron chi connectivity index (χ1n) is 8.97. The lowest BCUT2D eigenvalue weighted by Crippen LogP contribution is -2.28. The molecule has 1 fully saturated rings. The molecule has 2 heterocycles. The van der Waals surface area contributed by atoms with Crippen LogP contribution in [0.15, 0.2) is 48.5 Å². The van der Waals surface area contributed by atoms with Gasteiger partial charge in [-0.15, -0.1) is 5.10 Å². The summed E-state index contributed by atoms with van der Waals surface area (Å²) in [5.74, 6) is 0.585.